The van der Waals surface area contributed by atoms with Crippen molar-refractivity contribution >= 4 is 10.0 Å². The molecule has 0 atom stereocenters. The van der Waals surface area contributed by atoms with Crippen LogP contribution in [0.3, 0.4) is 0 Å². The van der Waals surface area contributed by atoms with Crippen molar-refractivity contribution in [3.05, 3.63) is 59.7 Å². The minimum Gasteiger partial charge on any atom is -0.493 e. The molecule has 2 aromatic carbocycles. The van der Waals surface area contributed by atoms with E-state index >= 15 is 0 Å². The average Bonchev–Trinajstić information content (AvgIpc) is 3.07. The van der Waals surface area contributed by atoms with Crippen LogP contribution in [0.4, 0.5) is 0 Å². The van der Waals surface area contributed by atoms with Crippen molar-refractivity contribution in [2.75, 3.05) is 26.2 Å². The molecule has 0 amide bonds. The van der Waals surface area contributed by atoms with Crippen LogP contribution < -0.4 is 10.5 Å². The zero-order valence-corrected chi connectivity index (χ0v) is 14.3. The van der Waals surface area contributed by atoms with Gasteiger partial charge in [-0.3, -0.25) is 0 Å². The Morgan fingerprint density at radius 3 is 2.62 bits per heavy atom. The summed E-state index contributed by atoms with van der Waals surface area (Å²) in [5, 5.41) is 0. The fraction of sp³-hybridized carbons (Fsp3) is 0.333. The first-order valence-corrected chi connectivity index (χ1v) is 9.55. The first-order valence-electron chi connectivity index (χ1n) is 8.11. The van der Waals surface area contributed by atoms with Crippen LogP contribution in [0.1, 0.15) is 11.1 Å². The lowest BCUT2D eigenvalue weighted by atomic mass is 10.1. The SMILES string of the molecule is NCCN(CCc1ccccc1)S(=O)(=O)c1ccc2c(c1)CCO2. The number of hydrogen-bond donors (Lipinski definition) is 1. The molecule has 1 heterocycles. The number of hydrogen-bond acceptors (Lipinski definition) is 4. The van der Waals surface area contributed by atoms with Gasteiger partial charge in [0, 0.05) is 26.1 Å². The molecule has 0 radical (unpaired) electrons. The lowest BCUT2D eigenvalue weighted by Crippen LogP contribution is -2.37. The summed E-state index contributed by atoms with van der Waals surface area (Å²) in [4.78, 5) is 0.313. The molecule has 1 aliphatic rings. The van der Waals surface area contributed by atoms with E-state index in [1.807, 2.05) is 30.3 Å². The Morgan fingerprint density at radius 2 is 1.88 bits per heavy atom. The van der Waals surface area contributed by atoms with Crippen LogP contribution in [0.2, 0.25) is 0 Å². The normalized spacial score (nSPS) is 13.8. The molecular weight excluding hydrogens is 324 g/mol. The van der Waals surface area contributed by atoms with Gasteiger partial charge in [-0.05, 0) is 35.7 Å². The molecule has 0 aliphatic carbocycles. The van der Waals surface area contributed by atoms with Gasteiger partial charge in [0.1, 0.15) is 5.75 Å². The van der Waals surface area contributed by atoms with E-state index < -0.39 is 10.0 Å². The van der Waals surface area contributed by atoms with E-state index in [1.165, 1.54) is 4.31 Å². The van der Waals surface area contributed by atoms with Gasteiger partial charge in [0.05, 0.1) is 11.5 Å². The zero-order chi connectivity index (χ0) is 17.0. The molecular formula is C18H22N2O3S. The molecule has 3 rings (SSSR count). The molecule has 0 unspecified atom stereocenters. The molecule has 128 valence electrons. The maximum Gasteiger partial charge on any atom is 0.243 e. The standard InChI is InChI=1S/C18H22N2O3S/c19-10-12-20(11-8-15-4-2-1-3-5-15)24(21,22)17-6-7-18-16(14-17)9-13-23-18/h1-7,14H,8-13,19H2. The number of rotatable bonds is 7. The number of nitrogens with zero attached hydrogens (tertiary/aromatic N) is 1. The van der Waals surface area contributed by atoms with Crippen molar-refractivity contribution < 1.29 is 13.2 Å². The van der Waals surface area contributed by atoms with Crippen LogP contribution in [0, 0.1) is 0 Å². The third-order valence-corrected chi connectivity index (χ3v) is 6.06. The Morgan fingerprint density at radius 1 is 1.08 bits per heavy atom. The van der Waals surface area contributed by atoms with Crippen LogP contribution in [-0.4, -0.2) is 39.0 Å². The van der Waals surface area contributed by atoms with Gasteiger partial charge in [-0.25, -0.2) is 8.42 Å². The predicted octanol–water partition coefficient (Wildman–Crippen LogP) is 1.81. The quantitative estimate of drug-likeness (QED) is 0.830. The lowest BCUT2D eigenvalue weighted by molar-refractivity contribution is 0.356. The second-order valence-electron chi connectivity index (χ2n) is 5.80. The van der Waals surface area contributed by atoms with Gasteiger partial charge in [-0.15, -0.1) is 0 Å². The van der Waals surface area contributed by atoms with E-state index in [0.717, 1.165) is 23.3 Å². The summed E-state index contributed by atoms with van der Waals surface area (Å²) >= 11 is 0. The van der Waals surface area contributed by atoms with Crippen molar-refractivity contribution in [3.8, 4) is 5.75 Å². The molecule has 2 N–H and O–H groups in total. The largest absolute Gasteiger partial charge is 0.493 e. The van der Waals surface area contributed by atoms with Gasteiger partial charge >= 0.3 is 0 Å². The summed E-state index contributed by atoms with van der Waals surface area (Å²) in [7, 11) is -3.56. The van der Waals surface area contributed by atoms with E-state index in [-0.39, 0.29) is 0 Å². The topological polar surface area (TPSA) is 72.6 Å². The summed E-state index contributed by atoms with van der Waals surface area (Å²) in [6.45, 7) is 1.63. The van der Waals surface area contributed by atoms with E-state index in [0.29, 0.717) is 37.6 Å². The van der Waals surface area contributed by atoms with Crippen LogP contribution in [0.25, 0.3) is 0 Å². The highest BCUT2D eigenvalue weighted by Gasteiger charge is 2.25. The highest BCUT2D eigenvalue weighted by atomic mass is 32.2. The smallest absolute Gasteiger partial charge is 0.243 e. The monoisotopic (exact) mass is 346 g/mol. The van der Waals surface area contributed by atoms with Crippen molar-refractivity contribution in [2.45, 2.75) is 17.7 Å². The molecule has 0 saturated heterocycles. The van der Waals surface area contributed by atoms with Gasteiger partial charge in [-0.2, -0.15) is 4.31 Å². The molecule has 2 aromatic rings. The van der Waals surface area contributed by atoms with Crippen LogP contribution in [0.15, 0.2) is 53.4 Å². The molecule has 1 aliphatic heterocycles. The van der Waals surface area contributed by atoms with Crippen LogP contribution in [0.5, 0.6) is 5.75 Å². The van der Waals surface area contributed by atoms with E-state index in [9.17, 15) is 8.42 Å². The van der Waals surface area contributed by atoms with Gasteiger partial charge in [0.2, 0.25) is 10.0 Å². The average molecular weight is 346 g/mol. The van der Waals surface area contributed by atoms with Crippen molar-refractivity contribution in [3.63, 3.8) is 0 Å². The minimum atomic E-state index is -3.56. The Balaban J connectivity index is 1.80. The fourth-order valence-electron chi connectivity index (χ4n) is 2.87. The Labute approximate surface area is 143 Å². The summed E-state index contributed by atoms with van der Waals surface area (Å²) in [5.41, 5.74) is 7.70. The highest BCUT2D eigenvalue weighted by molar-refractivity contribution is 7.89. The summed E-state index contributed by atoms with van der Waals surface area (Å²) in [6.07, 6.45) is 1.41. The van der Waals surface area contributed by atoms with Crippen LogP contribution in [-0.2, 0) is 22.9 Å². The molecule has 0 spiro atoms. The van der Waals surface area contributed by atoms with Crippen molar-refractivity contribution in [1.29, 1.82) is 0 Å². The number of sulfonamides is 1. The Bertz CT molecular complexity index is 791. The number of nitrogens with two attached hydrogens (primary N) is 1. The second-order valence-corrected chi connectivity index (χ2v) is 7.73. The first-order chi connectivity index (χ1) is 11.6. The molecule has 0 fully saturated rings. The van der Waals surface area contributed by atoms with Gasteiger partial charge in [-0.1, -0.05) is 30.3 Å². The predicted molar refractivity (Wildman–Crippen MR) is 93.6 cm³/mol. The molecule has 0 bridgehead atoms. The maximum absolute atomic E-state index is 13.0. The zero-order valence-electron chi connectivity index (χ0n) is 13.5. The van der Waals surface area contributed by atoms with Crippen molar-refractivity contribution in [2.24, 2.45) is 5.73 Å². The summed E-state index contributed by atoms with van der Waals surface area (Å²) in [6, 6.07) is 14.9. The van der Waals surface area contributed by atoms with Gasteiger partial charge in [0.25, 0.3) is 0 Å². The highest BCUT2D eigenvalue weighted by Crippen LogP contribution is 2.28. The number of ether oxygens (including phenoxy) is 1. The lowest BCUT2D eigenvalue weighted by Gasteiger charge is -2.22. The third kappa shape index (κ3) is 3.61. The Kier molecular flexibility index (Phi) is 5.18. The molecule has 24 heavy (non-hydrogen) atoms. The number of benzene rings is 2. The summed E-state index contributed by atoms with van der Waals surface area (Å²) < 4.78 is 32.9. The molecule has 0 saturated carbocycles. The molecule has 5 nitrogen and oxygen atoms in total. The van der Waals surface area contributed by atoms with Gasteiger partial charge < -0.3 is 10.5 Å². The van der Waals surface area contributed by atoms with E-state index in [4.69, 9.17) is 10.5 Å². The molecule has 0 aromatic heterocycles. The van der Waals surface area contributed by atoms with Crippen LogP contribution >= 0.6 is 0 Å². The molecule has 6 heteroatoms. The van der Waals surface area contributed by atoms with E-state index in [2.05, 4.69) is 0 Å². The fourth-order valence-corrected chi connectivity index (χ4v) is 4.37. The first kappa shape index (κ1) is 17.0. The minimum absolute atomic E-state index is 0.294. The summed E-state index contributed by atoms with van der Waals surface area (Å²) in [5.74, 6) is 0.781. The maximum atomic E-state index is 13.0. The van der Waals surface area contributed by atoms with E-state index in [1.54, 1.807) is 18.2 Å². The second kappa shape index (κ2) is 7.34. The Hall–Kier alpha value is -1.89. The van der Waals surface area contributed by atoms with Gasteiger partial charge in [0.15, 0.2) is 0 Å². The van der Waals surface area contributed by atoms with Crippen molar-refractivity contribution in [1.82, 2.24) is 4.31 Å². The number of fused-ring (bicyclic) bond motifs is 1. The third-order valence-electron chi connectivity index (χ3n) is 4.17.